The Hall–Kier alpha value is -1.89. The van der Waals surface area contributed by atoms with Crippen molar-refractivity contribution in [1.82, 2.24) is 10.2 Å². The second-order valence-electron chi connectivity index (χ2n) is 3.87. The molecule has 1 aromatic rings. The summed E-state index contributed by atoms with van der Waals surface area (Å²) in [5, 5.41) is 11.3. The van der Waals surface area contributed by atoms with Gasteiger partial charge in [-0.3, -0.25) is 9.59 Å². The van der Waals surface area contributed by atoms with Crippen LogP contribution in [-0.4, -0.2) is 47.9 Å². The van der Waals surface area contributed by atoms with Crippen molar-refractivity contribution in [2.24, 2.45) is 0 Å². The molecule has 0 bridgehead atoms. The minimum absolute atomic E-state index is 0.0243. The van der Waals surface area contributed by atoms with Gasteiger partial charge in [0.25, 0.3) is 5.91 Å². The predicted molar refractivity (Wildman–Crippen MR) is 71.5 cm³/mol. The molecule has 1 rings (SSSR count). The van der Waals surface area contributed by atoms with Gasteiger partial charge in [0.2, 0.25) is 5.91 Å². The van der Waals surface area contributed by atoms with Crippen LogP contribution in [0.1, 0.15) is 32.7 Å². The van der Waals surface area contributed by atoms with Gasteiger partial charge < -0.3 is 15.3 Å². The monoisotopic (exact) mass is 284 g/mol. The molecule has 0 saturated heterocycles. The fraction of sp³-hybridized carbons (Fsp3) is 0.417. The van der Waals surface area contributed by atoms with Crippen molar-refractivity contribution in [3.05, 3.63) is 21.9 Å². The van der Waals surface area contributed by atoms with Gasteiger partial charge in [0.1, 0.15) is 4.88 Å². The van der Waals surface area contributed by atoms with E-state index in [9.17, 15) is 14.4 Å². The lowest BCUT2D eigenvalue weighted by molar-refractivity contribution is -0.121. The van der Waals surface area contributed by atoms with Gasteiger partial charge in [-0.25, -0.2) is 4.79 Å². The van der Waals surface area contributed by atoms with E-state index in [-0.39, 0.29) is 23.2 Å². The van der Waals surface area contributed by atoms with Gasteiger partial charge in [0.15, 0.2) is 0 Å². The Morgan fingerprint density at radius 3 is 2.42 bits per heavy atom. The average molecular weight is 284 g/mol. The van der Waals surface area contributed by atoms with E-state index in [1.54, 1.807) is 0 Å². The van der Waals surface area contributed by atoms with Crippen LogP contribution in [0.2, 0.25) is 0 Å². The number of amides is 2. The molecule has 19 heavy (non-hydrogen) atoms. The first-order chi connectivity index (χ1) is 8.99. The average Bonchev–Trinajstić information content (AvgIpc) is 2.86. The summed E-state index contributed by atoms with van der Waals surface area (Å²) in [5.74, 6) is -1.63. The van der Waals surface area contributed by atoms with Gasteiger partial charge in [-0.2, -0.15) is 0 Å². The number of carboxylic acid groups (broad SMARTS) is 1. The van der Waals surface area contributed by atoms with E-state index in [4.69, 9.17) is 5.11 Å². The molecular formula is C12H16N2O4S. The minimum Gasteiger partial charge on any atom is -0.477 e. The molecule has 0 aliphatic rings. The van der Waals surface area contributed by atoms with Crippen LogP contribution in [0.25, 0.3) is 0 Å². The van der Waals surface area contributed by atoms with Gasteiger partial charge in [0.05, 0.1) is 11.4 Å². The lowest BCUT2D eigenvalue weighted by Crippen LogP contribution is -2.39. The number of nitrogens with one attached hydrogen (secondary N) is 1. The summed E-state index contributed by atoms with van der Waals surface area (Å²) in [4.78, 5) is 36.2. The molecule has 0 atom stereocenters. The highest BCUT2D eigenvalue weighted by Crippen LogP contribution is 2.18. The Morgan fingerprint density at radius 2 is 1.95 bits per heavy atom. The molecule has 0 aromatic carbocycles. The van der Waals surface area contributed by atoms with Crippen molar-refractivity contribution in [3.8, 4) is 0 Å². The van der Waals surface area contributed by atoms with Gasteiger partial charge in [0, 0.05) is 13.6 Å². The highest BCUT2D eigenvalue weighted by atomic mass is 32.1. The van der Waals surface area contributed by atoms with Gasteiger partial charge in [-0.05, 0) is 18.6 Å². The van der Waals surface area contributed by atoms with Crippen LogP contribution in [0.3, 0.4) is 0 Å². The second-order valence-corrected chi connectivity index (χ2v) is 4.95. The molecule has 104 valence electrons. The summed E-state index contributed by atoms with van der Waals surface area (Å²) in [6, 6.07) is 2.87. The molecule has 0 radical (unpaired) electrons. The van der Waals surface area contributed by atoms with E-state index >= 15 is 0 Å². The number of hydrogen-bond donors (Lipinski definition) is 2. The summed E-state index contributed by atoms with van der Waals surface area (Å²) in [7, 11) is 1.50. The third-order valence-electron chi connectivity index (χ3n) is 2.42. The Morgan fingerprint density at radius 1 is 1.32 bits per heavy atom. The number of carbonyl (C=O) groups is 3. The van der Waals surface area contributed by atoms with Crippen LogP contribution in [0.4, 0.5) is 0 Å². The SMILES string of the molecule is CCCN(CC(=O)NC)C(=O)c1ccc(C(=O)O)s1. The summed E-state index contributed by atoms with van der Waals surface area (Å²) in [6.07, 6.45) is 0.722. The minimum atomic E-state index is -1.06. The Balaban J connectivity index is 2.85. The number of hydrogen-bond acceptors (Lipinski definition) is 4. The third-order valence-corrected chi connectivity index (χ3v) is 3.48. The molecule has 6 nitrogen and oxygen atoms in total. The normalized spacial score (nSPS) is 10.0. The van der Waals surface area contributed by atoms with Crippen LogP contribution in [0.15, 0.2) is 12.1 Å². The van der Waals surface area contributed by atoms with E-state index in [2.05, 4.69) is 5.32 Å². The molecule has 7 heteroatoms. The lowest BCUT2D eigenvalue weighted by Gasteiger charge is -2.20. The fourth-order valence-corrected chi connectivity index (χ4v) is 2.31. The standard InChI is InChI=1S/C12H16N2O4S/c1-3-6-14(7-10(15)13-2)11(16)8-4-5-9(19-8)12(17)18/h4-5H,3,6-7H2,1-2H3,(H,13,15)(H,17,18). The second kappa shape index (κ2) is 6.89. The van der Waals surface area contributed by atoms with Crippen molar-refractivity contribution in [1.29, 1.82) is 0 Å². The molecule has 0 fully saturated rings. The quantitative estimate of drug-likeness (QED) is 0.817. The topological polar surface area (TPSA) is 86.7 Å². The van der Waals surface area contributed by atoms with Gasteiger partial charge in [-0.15, -0.1) is 11.3 Å². The summed E-state index contributed by atoms with van der Waals surface area (Å²) < 4.78 is 0. The van der Waals surface area contributed by atoms with Crippen molar-refractivity contribution < 1.29 is 19.5 Å². The fourth-order valence-electron chi connectivity index (χ4n) is 1.50. The molecule has 1 heterocycles. The number of aromatic carboxylic acids is 1. The first-order valence-electron chi connectivity index (χ1n) is 5.82. The number of carboxylic acids is 1. The summed E-state index contributed by atoms with van der Waals surface area (Å²) >= 11 is 0.916. The van der Waals surface area contributed by atoms with Crippen LogP contribution in [0.5, 0.6) is 0 Å². The van der Waals surface area contributed by atoms with Crippen molar-refractivity contribution >= 4 is 29.1 Å². The molecular weight excluding hydrogens is 268 g/mol. The van der Waals surface area contributed by atoms with Crippen LogP contribution >= 0.6 is 11.3 Å². The number of thiophene rings is 1. The Bertz CT molecular complexity index is 484. The maximum Gasteiger partial charge on any atom is 0.345 e. The smallest absolute Gasteiger partial charge is 0.345 e. The van der Waals surface area contributed by atoms with E-state index in [0.717, 1.165) is 17.8 Å². The zero-order valence-corrected chi connectivity index (χ0v) is 11.6. The van der Waals surface area contributed by atoms with Crippen LogP contribution < -0.4 is 5.32 Å². The third kappa shape index (κ3) is 4.06. The molecule has 0 saturated carbocycles. The van der Waals surface area contributed by atoms with Crippen molar-refractivity contribution in [2.75, 3.05) is 20.1 Å². The van der Waals surface area contributed by atoms with Crippen LogP contribution in [0, 0.1) is 0 Å². The highest BCUT2D eigenvalue weighted by molar-refractivity contribution is 7.15. The molecule has 0 aliphatic heterocycles. The van der Waals surface area contributed by atoms with Gasteiger partial charge in [-0.1, -0.05) is 6.92 Å². The highest BCUT2D eigenvalue weighted by Gasteiger charge is 2.20. The van der Waals surface area contributed by atoms with E-state index in [1.165, 1.54) is 24.1 Å². The predicted octanol–water partition coefficient (Wildman–Crippen LogP) is 1.04. The van der Waals surface area contributed by atoms with E-state index in [1.807, 2.05) is 6.92 Å². The van der Waals surface area contributed by atoms with Crippen LogP contribution in [-0.2, 0) is 4.79 Å². The number of nitrogens with zero attached hydrogens (tertiary/aromatic N) is 1. The van der Waals surface area contributed by atoms with E-state index < -0.39 is 5.97 Å². The van der Waals surface area contributed by atoms with Crippen molar-refractivity contribution in [2.45, 2.75) is 13.3 Å². The zero-order valence-electron chi connectivity index (χ0n) is 10.8. The summed E-state index contributed by atoms with van der Waals surface area (Å²) in [5.41, 5.74) is 0. The molecule has 2 N–H and O–H groups in total. The van der Waals surface area contributed by atoms with Gasteiger partial charge >= 0.3 is 5.97 Å². The number of likely N-dealkylation sites (N-methyl/N-ethyl adjacent to an activating group) is 1. The molecule has 0 aliphatic carbocycles. The lowest BCUT2D eigenvalue weighted by atomic mass is 10.3. The maximum atomic E-state index is 12.2. The number of carbonyl (C=O) groups excluding carboxylic acids is 2. The first kappa shape index (κ1) is 15.2. The number of rotatable bonds is 6. The Kier molecular flexibility index (Phi) is 5.50. The molecule has 2 amide bonds. The summed E-state index contributed by atoms with van der Waals surface area (Å²) in [6.45, 7) is 2.33. The first-order valence-corrected chi connectivity index (χ1v) is 6.64. The molecule has 0 unspecified atom stereocenters. The maximum absolute atomic E-state index is 12.2. The molecule has 0 spiro atoms. The van der Waals surface area contributed by atoms with Crippen molar-refractivity contribution in [3.63, 3.8) is 0 Å². The Labute approximate surface area is 115 Å². The van der Waals surface area contributed by atoms with E-state index in [0.29, 0.717) is 11.4 Å². The zero-order chi connectivity index (χ0) is 14.4. The largest absolute Gasteiger partial charge is 0.477 e. The molecule has 1 aromatic heterocycles.